The van der Waals surface area contributed by atoms with Crippen molar-refractivity contribution in [3.8, 4) is 0 Å². The van der Waals surface area contributed by atoms with E-state index in [0.717, 1.165) is 18.9 Å². The van der Waals surface area contributed by atoms with Crippen LogP contribution in [0.3, 0.4) is 0 Å². The maximum Gasteiger partial charge on any atom is 0.0975 e. The van der Waals surface area contributed by atoms with Gasteiger partial charge in [-0.15, -0.1) is 11.3 Å². The summed E-state index contributed by atoms with van der Waals surface area (Å²) >= 11 is 1.88. The molecule has 0 radical (unpaired) electrons. The lowest BCUT2D eigenvalue weighted by molar-refractivity contribution is 0.812. The monoisotopic (exact) mass is 272 g/mol. The zero-order chi connectivity index (χ0) is 13.2. The van der Waals surface area contributed by atoms with E-state index in [9.17, 15) is 0 Å². The highest BCUT2D eigenvalue weighted by Gasteiger charge is 2.29. The smallest absolute Gasteiger partial charge is 0.0975 e. The molecule has 2 nitrogen and oxygen atoms in total. The lowest BCUT2D eigenvalue weighted by atomic mass is 10.1. The van der Waals surface area contributed by atoms with Crippen LogP contribution in [0.2, 0.25) is 0 Å². The first-order chi connectivity index (χ1) is 9.26. The molecule has 3 heteroatoms. The molecule has 1 N–H and O–H groups in total. The summed E-state index contributed by atoms with van der Waals surface area (Å²) in [6.07, 6.45) is 3.61. The first kappa shape index (κ1) is 12.8. The summed E-state index contributed by atoms with van der Waals surface area (Å²) in [6, 6.07) is 8.79. The number of nitrogens with one attached hydrogen (secondary N) is 1. The van der Waals surface area contributed by atoms with E-state index in [0.29, 0.717) is 0 Å². The van der Waals surface area contributed by atoms with Gasteiger partial charge in [-0.1, -0.05) is 29.8 Å². The van der Waals surface area contributed by atoms with E-state index in [1.807, 2.05) is 18.4 Å². The van der Waals surface area contributed by atoms with E-state index < -0.39 is 0 Å². The van der Waals surface area contributed by atoms with E-state index in [-0.39, 0.29) is 0 Å². The fraction of sp³-hybridized carbons (Fsp3) is 0.438. The standard InChI is InChI=1S/C16H20N2S/c1-11-3-5-12(6-4-11)9-15-18-16(13-7-8-13)14(19-15)10-17-2/h3-6,13,17H,7-10H2,1-2H3. The molecule has 1 aromatic carbocycles. The number of benzene rings is 1. The molecule has 1 saturated carbocycles. The fourth-order valence-corrected chi connectivity index (χ4v) is 3.53. The predicted octanol–water partition coefficient (Wildman–Crippen LogP) is 3.64. The van der Waals surface area contributed by atoms with Crippen LogP contribution in [-0.4, -0.2) is 12.0 Å². The number of aryl methyl sites for hydroxylation is 1. The van der Waals surface area contributed by atoms with Crippen LogP contribution in [0.15, 0.2) is 24.3 Å². The molecule has 0 amide bonds. The van der Waals surface area contributed by atoms with E-state index in [1.54, 1.807) is 0 Å². The second-order valence-corrected chi connectivity index (χ2v) is 6.55. The van der Waals surface area contributed by atoms with Crippen LogP contribution in [0.4, 0.5) is 0 Å². The van der Waals surface area contributed by atoms with Crippen molar-refractivity contribution in [2.75, 3.05) is 7.05 Å². The van der Waals surface area contributed by atoms with Gasteiger partial charge in [-0.3, -0.25) is 0 Å². The third kappa shape index (κ3) is 3.04. The van der Waals surface area contributed by atoms with Gasteiger partial charge >= 0.3 is 0 Å². The molecule has 0 saturated heterocycles. The molecule has 0 bridgehead atoms. The van der Waals surface area contributed by atoms with Crippen molar-refractivity contribution in [3.05, 3.63) is 51.0 Å². The number of thiazole rings is 1. The highest BCUT2D eigenvalue weighted by atomic mass is 32.1. The van der Waals surface area contributed by atoms with Crippen LogP contribution in [-0.2, 0) is 13.0 Å². The van der Waals surface area contributed by atoms with Gasteiger partial charge in [-0.2, -0.15) is 0 Å². The topological polar surface area (TPSA) is 24.9 Å². The Morgan fingerprint density at radius 1 is 1.26 bits per heavy atom. The average molecular weight is 272 g/mol. The third-order valence-electron chi connectivity index (χ3n) is 3.55. The lowest BCUT2D eigenvalue weighted by Gasteiger charge is -1.98. The summed E-state index contributed by atoms with van der Waals surface area (Å²) in [5, 5.41) is 4.52. The number of hydrogen-bond donors (Lipinski definition) is 1. The minimum atomic E-state index is 0.742. The molecule has 1 aliphatic rings. The molecule has 1 aliphatic carbocycles. The van der Waals surface area contributed by atoms with E-state index in [4.69, 9.17) is 4.98 Å². The minimum Gasteiger partial charge on any atom is -0.315 e. The Morgan fingerprint density at radius 2 is 2.00 bits per heavy atom. The molecular formula is C16H20N2S. The zero-order valence-electron chi connectivity index (χ0n) is 11.6. The Labute approximate surface area is 118 Å². The molecule has 1 heterocycles. The summed E-state index contributed by atoms with van der Waals surface area (Å²) in [4.78, 5) is 6.32. The Hall–Kier alpha value is -1.19. The second kappa shape index (κ2) is 5.43. The van der Waals surface area contributed by atoms with Gasteiger partial charge in [0.15, 0.2) is 0 Å². The largest absolute Gasteiger partial charge is 0.315 e. The van der Waals surface area contributed by atoms with Gasteiger partial charge in [0.25, 0.3) is 0 Å². The van der Waals surface area contributed by atoms with Crippen molar-refractivity contribution in [1.29, 1.82) is 0 Å². The molecule has 0 spiro atoms. The van der Waals surface area contributed by atoms with Gasteiger partial charge in [-0.05, 0) is 32.4 Å². The minimum absolute atomic E-state index is 0.742. The molecule has 1 aromatic heterocycles. The summed E-state index contributed by atoms with van der Waals surface area (Å²) in [7, 11) is 2.01. The molecule has 1 fully saturated rings. The quantitative estimate of drug-likeness (QED) is 0.899. The third-order valence-corrected chi connectivity index (χ3v) is 4.62. The van der Waals surface area contributed by atoms with Crippen LogP contribution >= 0.6 is 11.3 Å². The van der Waals surface area contributed by atoms with Crippen LogP contribution in [0.25, 0.3) is 0 Å². The second-order valence-electron chi connectivity index (χ2n) is 5.38. The van der Waals surface area contributed by atoms with Crippen LogP contribution in [0.1, 0.15) is 45.5 Å². The first-order valence-electron chi connectivity index (χ1n) is 6.95. The van der Waals surface area contributed by atoms with Crippen molar-refractivity contribution in [2.24, 2.45) is 0 Å². The zero-order valence-corrected chi connectivity index (χ0v) is 12.4. The summed E-state index contributed by atoms with van der Waals surface area (Å²) in [6.45, 7) is 3.08. The van der Waals surface area contributed by atoms with Crippen molar-refractivity contribution in [1.82, 2.24) is 10.3 Å². The molecular weight excluding hydrogens is 252 g/mol. The highest BCUT2D eigenvalue weighted by Crippen LogP contribution is 2.42. The van der Waals surface area contributed by atoms with E-state index in [1.165, 1.54) is 39.5 Å². The number of rotatable bonds is 5. The van der Waals surface area contributed by atoms with Crippen molar-refractivity contribution < 1.29 is 0 Å². The Bertz CT molecular complexity index is 553. The van der Waals surface area contributed by atoms with E-state index >= 15 is 0 Å². The lowest BCUT2D eigenvalue weighted by Crippen LogP contribution is -2.05. The van der Waals surface area contributed by atoms with Gasteiger partial charge in [0, 0.05) is 23.8 Å². The molecule has 2 aromatic rings. The van der Waals surface area contributed by atoms with Gasteiger partial charge < -0.3 is 5.32 Å². The highest BCUT2D eigenvalue weighted by molar-refractivity contribution is 7.11. The van der Waals surface area contributed by atoms with Crippen LogP contribution in [0.5, 0.6) is 0 Å². The molecule has 0 aliphatic heterocycles. The number of aromatic nitrogens is 1. The van der Waals surface area contributed by atoms with Crippen molar-refractivity contribution in [3.63, 3.8) is 0 Å². The maximum absolute atomic E-state index is 4.89. The summed E-state index contributed by atoms with van der Waals surface area (Å²) in [5.74, 6) is 0.742. The van der Waals surface area contributed by atoms with Crippen molar-refractivity contribution >= 4 is 11.3 Å². The van der Waals surface area contributed by atoms with E-state index in [2.05, 4.69) is 36.5 Å². The molecule has 0 atom stereocenters. The molecule has 19 heavy (non-hydrogen) atoms. The normalized spacial score (nSPS) is 14.8. The molecule has 0 unspecified atom stereocenters. The first-order valence-corrected chi connectivity index (χ1v) is 7.76. The van der Waals surface area contributed by atoms with Crippen molar-refractivity contribution in [2.45, 2.75) is 38.6 Å². The van der Waals surface area contributed by atoms with Gasteiger partial charge in [0.2, 0.25) is 0 Å². The number of nitrogens with zero attached hydrogens (tertiary/aromatic N) is 1. The number of hydrogen-bond acceptors (Lipinski definition) is 3. The van der Waals surface area contributed by atoms with Crippen LogP contribution < -0.4 is 5.32 Å². The predicted molar refractivity (Wildman–Crippen MR) is 80.8 cm³/mol. The van der Waals surface area contributed by atoms with Gasteiger partial charge in [0.1, 0.15) is 0 Å². The van der Waals surface area contributed by atoms with Gasteiger partial charge in [0.05, 0.1) is 10.7 Å². The SMILES string of the molecule is CNCc1sc(Cc2ccc(C)cc2)nc1C1CC1. The fourth-order valence-electron chi connectivity index (χ4n) is 2.33. The summed E-state index contributed by atoms with van der Waals surface area (Å²) in [5.41, 5.74) is 4.04. The summed E-state index contributed by atoms with van der Waals surface area (Å²) < 4.78 is 0. The van der Waals surface area contributed by atoms with Crippen LogP contribution in [0, 0.1) is 6.92 Å². The van der Waals surface area contributed by atoms with Gasteiger partial charge in [-0.25, -0.2) is 4.98 Å². The Balaban J connectivity index is 1.80. The molecule has 100 valence electrons. The molecule has 3 rings (SSSR count). The Morgan fingerprint density at radius 3 is 2.63 bits per heavy atom. The maximum atomic E-state index is 4.89. The average Bonchev–Trinajstić information content (AvgIpc) is 3.17. The Kier molecular flexibility index (Phi) is 3.67.